The summed E-state index contributed by atoms with van der Waals surface area (Å²) in [6.07, 6.45) is 15.4. The zero-order chi connectivity index (χ0) is 49.2. The lowest BCUT2D eigenvalue weighted by atomic mass is 10.2. The molecule has 0 aromatic heterocycles. The van der Waals surface area contributed by atoms with E-state index < -0.39 is 7.82 Å². The van der Waals surface area contributed by atoms with E-state index in [1.165, 1.54) is 0 Å². The number of rotatable bonds is 42. The summed E-state index contributed by atoms with van der Waals surface area (Å²) in [4.78, 5) is 0. The second-order valence-electron chi connectivity index (χ2n) is 16.7. The van der Waals surface area contributed by atoms with Gasteiger partial charge in [0.25, 0.3) is 0 Å². The van der Waals surface area contributed by atoms with Gasteiger partial charge < -0.3 is 56.2 Å². The van der Waals surface area contributed by atoms with Gasteiger partial charge in [-0.05, 0) is 94.2 Å². The molecule has 0 fully saturated rings. The first-order valence-corrected chi connectivity index (χ1v) is 27.6. The molecule has 0 atom stereocenters. The molecule has 3 aromatic rings. The normalized spacial score (nSPS) is 11.2. The van der Waals surface area contributed by atoms with Gasteiger partial charge in [-0.3, -0.25) is 0 Å². The highest BCUT2D eigenvalue weighted by Gasteiger charge is 2.40. The topological polar surface area (TPSA) is 128 Å². The predicted molar refractivity (Wildman–Crippen MR) is 272 cm³/mol. The second-order valence-corrected chi connectivity index (χ2v) is 18.1. The van der Waals surface area contributed by atoms with E-state index in [0.717, 1.165) is 116 Å². The molecule has 0 aliphatic carbocycles. The summed E-state index contributed by atoms with van der Waals surface area (Å²) in [5.41, 5.74) is 0. The van der Waals surface area contributed by atoms with Gasteiger partial charge in [-0.2, -0.15) is 4.57 Å². The highest BCUT2D eigenvalue weighted by atomic mass is 31.2. The molecule has 3 rings (SSSR count). The third-order valence-corrected chi connectivity index (χ3v) is 11.7. The van der Waals surface area contributed by atoms with Gasteiger partial charge in [-0.15, -0.1) is 0 Å². The number of ether oxygens (including phenoxy) is 9. The molecule has 0 N–H and O–H groups in total. The quantitative estimate of drug-likeness (QED) is 0.0395. The van der Waals surface area contributed by atoms with Crippen molar-refractivity contribution in [3.63, 3.8) is 0 Å². The van der Waals surface area contributed by atoms with E-state index in [0.29, 0.717) is 94.0 Å². The van der Waals surface area contributed by atoms with Gasteiger partial charge in [0.1, 0.15) is 0 Å². The van der Waals surface area contributed by atoms with Crippen LogP contribution >= 0.6 is 7.82 Å². The molecule has 0 amide bonds. The van der Waals surface area contributed by atoms with Crippen molar-refractivity contribution in [2.24, 2.45) is 0 Å². The number of benzene rings is 3. The summed E-state index contributed by atoms with van der Waals surface area (Å²) in [7, 11) is -4.89. The Bertz CT molecular complexity index is 1650. The molecule has 0 saturated heterocycles. The Hall–Kier alpha value is -4.51. The van der Waals surface area contributed by atoms with Gasteiger partial charge >= 0.3 is 7.82 Å². The minimum atomic E-state index is -4.89. The molecule has 0 aliphatic heterocycles. The predicted octanol–water partition coefficient (Wildman–Crippen LogP) is 15.9. The summed E-state index contributed by atoms with van der Waals surface area (Å²) < 4.78 is 93.7. The fourth-order valence-corrected chi connectivity index (χ4v) is 7.53. The Morgan fingerprint density at radius 3 is 0.618 bits per heavy atom. The van der Waals surface area contributed by atoms with Crippen LogP contribution < -0.4 is 56.2 Å². The van der Waals surface area contributed by atoms with Gasteiger partial charge in [0.05, 0.1) is 59.5 Å². The minimum Gasteiger partial charge on any atom is -0.490 e. The second kappa shape index (κ2) is 34.7. The number of unbranched alkanes of at least 4 members (excludes halogenated alkanes) is 9. The Balaban J connectivity index is 2.42. The molecule has 13 nitrogen and oxygen atoms in total. The average molecular weight is 975 g/mol. The molecule has 0 heterocycles. The molecule has 0 unspecified atom stereocenters. The van der Waals surface area contributed by atoms with Crippen molar-refractivity contribution in [2.45, 2.75) is 178 Å². The third-order valence-electron chi connectivity index (χ3n) is 10.5. The zero-order valence-corrected chi connectivity index (χ0v) is 44.2. The highest BCUT2D eigenvalue weighted by molar-refractivity contribution is 7.49. The number of hydrogen-bond donors (Lipinski definition) is 0. The van der Waals surface area contributed by atoms with Crippen LogP contribution in [-0.2, 0) is 4.57 Å². The van der Waals surface area contributed by atoms with E-state index >= 15 is 4.57 Å². The molecule has 68 heavy (non-hydrogen) atoms. The van der Waals surface area contributed by atoms with Gasteiger partial charge in [0.15, 0.2) is 34.5 Å². The van der Waals surface area contributed by atoms with E-state index in [1.807, 2.05) is 0 Å². The molecular weight excluding hydrogens is 888 g/mol. The van der Waals surface area contributed by atoms with E-state index in [9.17, 15) is 0 Å². The van der Waals surface area contributed by atoms with E-state index in [4.69, 9.17) is 56.2 Å². The maximum absolute atomic E-state index is 16.1. The summed E-state index contributed by atoms with van der Waals surface area (Å²) in [6.45, 7) is 22.5. The lowest BCUT2D eigenvalue weighted by molar-refractivity contribution is 0.219. The number of hydrogen-bond acceptors (Lipinski definition) is 13. The standard InChI is InChI=1S/C54H87O13P/c1-10-19-34-56-43-28-31-46(52(62-40-25-16-7)49(43)59-37-22-13-4)65-68(55,66-47-32-29-44(57-35-20-11-2)50(60-38-23-14-5)53(47)63-41-26-17-8)67-48-33-30-45(58-36-21-12-3)51(61-39-24-15-6)54(48)64-42-27-18-9/h28-33H,10-27,34-42H2,1-9H3. The van der Waals surface area contributed by atoms with Crippen LogP contribution in [0.4, 0.5) is 0 Å². The van der Waals surface area contributed by atoms with E-state index in [1.54, 1.807) is 36.4 Å². The van der Waals surface area contributed by atoms with E-state index in [-0.39, 0.29) is 34.5 Å². The summed E-state index contributed by atoms with van der Waals surface area (Å²) in [5.74, 6) is 3.39. The van der Waals surface area contributed by atoms with Crippen LogP contribution in [0.15, 0.2) is 36.4 Å². The first kappa shape index (κ1) is 57.8. The van der Waals surface area contributed by atoms with Crippen molar-refractivity contribution in [1.29, 1.82) is 0 Å². The Labute approximate surface area is 410 Å². The third kappa shape index (κ3) is 19.8. The highest BCUT2D eigenvalue weighted by Crippen LogP contribution is 2.60. The number of phosphoric acid groups is 1. The summed E-state index contributed by atoms with van der Waals surface area (Å²) >= 11 is 0. The maximum atomic E-state index is 16.1. The smallest absolute Gasteiger partial charge is 0.490 e. The van der Waals surface area contributed by atoms with Gasteiger partial charge in [-0.25, -0.2) is 0 Å². The summed E-state index contributed by atoms with van der Waals surface area (Å²) in [6, 6.07) is 10.2. The van der Waals surface area contributed by atoms with Gasteiger partial charge in [-0.1, -0.05) is 120 Å². The fourth-order valence-electron chi connectivity index (χ4n) is 6.26. The van der Waals surface area contributed by atoms with Gasteiger partial charge in [0.2, 0.25) is 34.5 Å². The first-order chi connectivity index (χ1) is 33.3. The first-order valence-electron chi connectivity index (χ1n) is 26.1. The van der Waals surface area contributed by atoms with Crippen LogP contribution in [0.1, 0.15) is 178 Å². The lowest BCUT2D eigenvalue weighted by Gasteiger charge is -2.26. The average Bonchev–Trinajstić information content (AvgIpc) is 3.33. The van der Waals surface area contributed by atoms with E-state index in [2.05, 4.69) is 62.3 Å². The molecule has 0 bridgehead atoms. The van der Waals surface area contributed by atoms with Crippen LogP contribution in [0.25, 0.3) is 0 Å². The summed E-state index contributed by atoms with van der Waals surface area (Å²) in [5, 5.41) is 0. The molecule has 0 spiro atoms. The Morgan fingerprint density at radius 1 is 0.265 bits per heavy atom. The molecule has 386 valence electrons. The van der Waals surface area contributed by atoms with Crippen molar-refractivity contribution in [2.75, 3.05) is 59.5 Å². The number of phosphoric ester groups is 1. The maximum Gasteiger partial charge on any atom is 0.647 e. The van der Waals surface area contributed by atoms with Crippen molar-refractivity contribution in [3.8, 4) is 69.0 Å². The monoisotopic (exact) mass is 975 g/mol. The zero-order valence-electron chi connectivity index (χ0n) is 43.3. The molecule has 14 heteroatoms. The molecule has 3 aromatic carbocycles. The molecular formula is C54H87O13P. The fraction of sp³-hybridized carbons (Fsp3) is 0.667. The molecule has 0 radical (unpaired) electrons. The van der Waals surface area contributed by atoms with Crippen molar-refractivity contribution < 1.29 is 60.8 Å². The van der Waals surface area contributed by atoms with Crippen LogP contribution in [0.3, 0.4) is 0 Å². The Morgan fingerprint density at radius 2 is 0.426 bits per heavy atom. The largest absolute Gasteiger partial charge is 0.647 e. The minimum absolute atomic E-state index is 0.0681. The van der Waals surface area contributed by atoms with Crippen LogP contribution in [0, 0.1) is 0 Å². The van der Waals surface area contributed by atoms with Crippen molar-refractivity contribution in [3.05, 3.63) is 36.4 Å². The van der Waals surface area contributed by atoms with Crippen LogP contribution in [0.2, 0.25) is 0 Å². The van der Waals surface area contributed by atoms with Crippen molar-refractivity contribution >= 4 is 7.82 Å². The molecule has 0 saturated carbocycles. The molecule has 0 aliphatic rings. The van der Waals surface area contributed by atoms with Crippen molar-refractivity contribution in [1.82, 2.24) is 0 Å². The Kier molecular flexibility index (Phi) is 29.5. The van der Waals surface area contributed by atoms with Crippen LogP contribution in [-0.4, -0.2) is 59.5 Å². The SMILES string of the molecule is CCCCOc1ccc(OP(=O)(Oc2ccc(OCCCC)c(OCCCC)c2OCCCC)Oc2ccc(OCCCC)c(OCCCC)c2OCCCC)c(OCCCC)c1OCCCC. The lowest BCUT2D eigenvalue weighted by Crippen LogP contribution is -2.13. The van der Waals surface area contributed by atoms with Crippen LogP contribution in [0.5, 0.6) is 69.0 Å². The van der Waals surface area contributed by atoms with Gasteiger partial charge in [0, 0.05) is 0 Å².